The van der Waals surface area contributed by atoms with Crippen LogP contribution < -0.4 is 10.1 Å². The van der Waals surface area contributed by atoms with E-state index in [4.69, 9.17) is 4.74 Å². The molecule has 6 nitrogen and oxygen atoms in total. The van der Waals surface area contributed by atoms with Crippen LogP contribution in [-0.2, 0) is 9.59 Å². The molecule has 0 aromatic carbocycles. The topological polar surface area (TPSA) is 71.5 Å². The van der Waals surface area contributed by atoms with Crippen molar-refractivity contribution < 1.29 is 14.3 Å². The molecule has 2 fully saturated rings. The Kier molecular flexibility index (Phi) is 4.27. The molecule has 3 rings (SSSR count). The maximum absolute atomic E-state index is 12.5. The standard InChI is InChI=1S/C16H21N3O3/c1-22-15-13(5-2-8-17-15)18-14(20)12-4-3-9-19(10-12)16(21)11-6-7-11/h2,5,8,11-12H,3-4,6-7,9-10H2,1H3,(H,18,20). The lowest BCUT2D eigenvalue weighted by molar-refractivity contribution is -0.135. The molecule has 0 spiro atoms. The Labute approximate surface area is 129 Å². The molecule has 1 aromatic heterocycles. The fraction of sp³-hybridized carbons (Fsp3) is 0.562. The number of methoxy groups -OCH3 is 1. The van der Waals surface area contributed by atoms with Crippen LogP contribution >= 0.6 is 0 Å². The van der Waals surface area contributed by atoms with Crippen LogP contribution in [0, 0.1) is 11.8 Å². The number of nitrogens with one attached hydrogen (secondary N) is 1. The van der Waals surface area contributed by atoms with Gasteiger partial charge in [-0.15, -0.1) is 0 Å². The van der Waals surface area contributed by atoms with E-state index in [0.29, 0.717) is 18.1 Å². The summed E-state index contributed by atoms with van der Waals surface area (Å²) in [4.78, 5) is 30.5. The van der Waals surface area contributed by atoms with Crippen LogP contribution in [0.25, 0.3) is 0 Å². The summed E-state index contributed by atoms with van der Waals surface area (Å²) >= 11 is 0. The Balaban J connectivity index is 1.62. The molecule has 1 atom stereocenters. The van der Waals surface area contributed by atoms with Gasteiger partial charge < -0.3 is 15.0 Å². The van der Waals surface area contributed by atoms with Crippen molar-refractivity contribution in [1.82, 2.24) is 9.88 Å². The first-order valence-electron chi connectivity index (χ1n) is 7.77. The average Bonchev–Trinajstić information content (AvgIpc) is 3.39. The molecule has 1 unspecified atom stereocenters. The predicted molar refractivity (Wildman–Crippen MR) is 81.4 cm³/mol. The largest absolute Gasteiger partial charge is 0.480 e. The van der Waals surface area contributed by atoms with E-state index in [2.05, 4.69) is 10.3 Å². The zero-order chi connectivity index (χ0) is 15.5. The fourth-order valence-corrected chi connectivity index (χ4v) is 2.86. The van der Waals surface area contributed by atoms with Gasteiger partial charge in [-0.3, -0.25) is 9.59 Å². The van der Waals surface area contributed by atoms with Gasteiger partial charge in [0.15, 0.2) is 0 Å². The van der Waals surface area contributed by atoms with E-state index in [-0.39, 0.29) is 23.7 Å². The van der Waals surface area contributed by atoms with Crippen molar-refractivity contribution in [2.75, 3.05) is 25.5 Å². The molecule has 1 aromatic rings. The first kappa shape index (κ1) is 14.8. The van der Waals surface area contributed by atoms with Gasteiger partial charge in [-0.2, -0.15) is 0 Å². The first-order valence-corrected chi connectivity index (χ1v) is 7.77. The van der Waals surface area contributed by atoms with Crippen molar-refractivity contribution in [3.05, 3.63) is 18.3 Å². The monoisotopic (exact) mass is 303 g/mol. The highest BCUT2D eigenvalue weighted by molar-refractivity contribution is 5.94. The van der Waals surface area contributed by atoms with Gasteiger partial charge in [-0.05, 0) is 37.8 Å². The van der Waals surface area contributed by atoms with Crippen molar-refractivity contribution in [2.45, 2.75) is 25.7 Å². The molecule has 1 N–H and O–H groups in total. The summed E-state index contributed by atoms with van der Waals surface area (Å²) in [5, 5.41) is 2.87. The SMILES string of the molecule is COc1ncccc1NC(=O)C1CCCN(C(=O)C2CC2)C1. The highest BCUT2D eigenvalue weighted by Crippen LogP contribution is 2.32. The predicted octanol–water partition coefficient (Wildman–Crippen LogP) is 1.68. The normalized spacial score (nSPS) is 21.3. The number of nitrogens with zero attached hydrogens (tertiary/aromatic N) is 2. The van der Waals surface area contributed by atoms with E-state index in [1.807, 2.05) is 4.90 Å². The highest BCUT2D eigenvalue weighted by Gasteiger charge is 2.36. The summed E-state index contributed by atoms with van der Waals surface area (Å²) in [6.45, 7) is 1.29. The van der Waals surface area contributed by atoms with Crippen molar-refractivity contribution in [3.63, 3.8) is 0 Å². The molecule has 6 heteroatoms. The highest BCUT2D eigenvalue weighted by atomic mass is 16.5. The smallest absolute Gasteiger partial charge is 0.237 e. The van der Waals surface area contributed by atoms with E-state index in [1.165, 1.54) is 7.11 Å². The number of pyridine rings is 1. The van der Waals surface area contributed by atoms with Crippen molar-refractivity contribution in [1.29, 1.82) is 0 Å². The van der Waals surface area contributed by atoms with E-state index < -0.39 is 0 Å². The molecule has 1 saturated carbocycles. The van der Waals surface area contributed by atoms with Crippen LogP contribution in [-0.4, -0.2) is 41.9 Å². The first-order chi connectivity index (χ1) is 10.7. The summed E-state index contributed by atoms with van der Waals surface area (Å²) in [5.41, 5.74) is 0.570. The number of aromatic nitrogens is 1. The second kappa shape index (κ2) is 6.34. The third-order valence-corrected chi connectivity index (χ3v) is 4.25. The number of carbonyl (C=O) groups is 2. The van der Waals surface area contributed by atoms with Crippen molar-refractivity contribution >= 4 is 17.5 Å². The number of amides is 2. The minimum atomic E-state index is -0.165. The Morgan fingerprint density at radius 2 is 2.14 bits per heavy atom. The number of piperidine rings is 1. The van der Waals surface area contributed by atoms with Gasteiger partial charge in [0.2, 0.25) is 17.7 Å². The molecule has 1 aliphatic carbocycles. The van der Waals surface area contributed by atoms with Gasteiger partial charge in [0, 0.05) is 25.2 Å². The van der Waals surface area contributed by atoms with Crippen molar-refractivity contribution in [2.24, 2.45) is 11.8 Å². The maximum atomic E-state index is 12.5. The molecule has 2 heterocycles. The molecule has 118 valence electrons. The quantitative estimate of drug-likeness (QED) is 0.918. The summed E-state index contributed by atoms with van der Waals surface area (Å²) in [6.07, 6.45) is 5.30. The molecular weight excluding hydrogens is 282 g/mol. The number of hydrogen-bond donors (Lipinski definition) is 1. The lowest BCUT2D eigenvalue weighted by Gasteiger charge is -2.32. The van der Waals surface area contributed by atoms with Gasteiger partial charge in [-0.25, -0.2) is 4.98 Å². The Morgan fingerprint density at radius 3 is 2.86 bits per heavy atom. The molecule has 2 amide bonds. The van der Waals surface area contributed by atoms with E-state index >= 15 is 0 Å². The van der Waals surface area contributed by atoms with Crippen LogP contribution in [0.15, 0.2) is 18.3 Å². The number of carbonyl (C=O) groups excluding carboxylic acids is 2. The van der Waals surface area contributed by atoms with Crippen LogP contribution in [0.2, 0.25) is 0 Å². The molecule has 2 aliphatic rings. The van der Waals surface area contributed by atoms with Gasteiger partial charge in [0.05, 0.1) is 13.0 Å². The molecule has 0 radical (unpaired) electrons. The molecule has 1 aliphatic heterocycles. The Bertz CT molecular complexity index is 572. The summed E-state index contributed by atoms with van der Waals surface area (Å²) in [7, 11) is 1.52. The second-order valence-electron chi connectivity index (χ2n) is 5.95. The van der Waals surface area contributed by atoms with E-state index in [9.17, 15) is 9.59 Å². The minimum absolute atomic E-state index is 0.0698. The zero-order valence-electron chi connectivity index (χ0n) is 12.7. The van der Waals surface area contributed by atoms with Gasteiger partial charge in [0.1, 0.15) is 5.69 Å². The molecule has 22 heavy (non-hydrogen) atoms. The number of hydrogen-bond acceptors (Lipinski definition) is 4. The summed E-state index contributed by atoms with van der Waals surface area (Å²) < 4.78 is 5.14. The van der Waals surface area contributed by atoms with Crippen LogP contribution in [0.3, 0.4) is 0 Å². The van der Waals surface area contributed by atoms with E-state index in [1.54, 1.807) is 18.3 Å². The number of likely N-dealkylation sites (tertiary alicyclic amines) is 1. The Morgan fingerprint density at radius 1 is 1.32 bits per heavy atom. The summed E-state index contributed by atoms with van der Waals surface area (Å²) in [6, 6.07) is 3.52. The number of anilines is 1. The van der Waals surface area contributed by atoms with E-state index in [0.717, 1.165) is 32.2 Å². The zero-order valence-corrected chi connectivity index (χ0v) is 12.7. The van der Waals surface area contributed by atoms with Gasteiger partial charge in [-0.1, -0.05) is 0 Å². The summed E-state index contributed by atoms with van der Waals surface area (Å²) in [5.74, 6) is 0.593. The van der Waals surface area contributed by atoms with Crippen molar-refractivity contribution in [3.8, 4) is 5.88 Å². The molecule has 0 bridgehead atoms. The maximum Gasteiger partial charge on any atom is 0.237 e. The number of ether oxygens (including phenoxy) is 1. The fourth-order valence-electron chi connectivity index (χ4n) is 2.86. The second-order valence-corrected chi connectivity index (χ2v) is 5.95. The lowest BCUT2D eigenvalue weighted by Crippen LogP contribution is -2.44. The van der Waals surface area contributed by atoms with Crippen LogP contribution in [0.4, 0.5) is 5.69 Å². The molecular formula is C16H21N3O3. The minimum Gasteiger partial charge on any atom is -0.480 e. The van der Waals surface area contributed by atoms with Crippen LogP contribution in [0.1, 0.15) is 25.7 Å². The third kappa shape index (κ3) is 3.21. The number of rotatable bonds is 4. The van der Waals surface area contributed by atoms with Gasteiger partial charge >= 0.3 is 0 Å². The van der Waals surface area contributed by atoms with Gasteiger partial charge in [0.25, 0.3) is 0 Å². The third-order valence-electron chi connectivity index (χ3n) is 4.25. The molecule has 1 saturated heterocycles. The Hall–Kier alpha value is -2.11. The average molecular weight is 303 g/mol. The van der Waals surface area contributed by atoms with Crippen LogP contribution in [0.5, 0.6) is 5.88 Å². The lowest BCUT2D eigenvalue weighted by atomic mass is 9.96.